The zero-order valence-electron chi connectivity index (χ0n) is 19.1. The molecule has 3 heteroatoms. The number of hydrogen-bond acceptors (Lipinski definition) is 2. The predicted molar refractivity (Wildman–Crippen MR) is 126 cm³/mol. The van der Waals surface area contributed by atoms with Crippen LogP contribution in [0.1, 0.15) is 129 Å². The molecule has 29 heavy (non-hydrogen) atoms. The first-order valence-electron chi connectivity index (χ1n) is 12.5. The van der Waals surface area contributed by atoms with Gasteiger partial charge in [-0.15, -0.1) is 0 Å². The zero-order valence-corrected chi connectivity index (χ0v) is 19.1. The second-order valence-electron chi connectivity index (χ2n) is 8.60. The van der Waals surface area contributed by atoms with Crippen molar-refractivity contribution in [3.8, 4) is 11.8 Å². The number of rotatable bonds is 20. The molecule has 1 aromatic rings. The van der Waals surface area contributed by atoms with Gasteiger partial charge in [0.15, 0.2) is 11.8 Å². The van der Waals surface area contributed by atoms with E-state index >= 15 is 0 Å². The van der Waals surface area contributed by atoms with Gasteiger partial charge in [0.1, 0.15) is 0 Å². The number of allylic oxidation sites excluding steroid dienone is 1. The molecule has 3 nitrogen and oxygen atoms in total. The van der Waals surface area contributed by atoms with E-state index in [9.17, 15) is 10.2 Å². The summed E-state index contributed by atoms with van der Waals surface area (Å²) in [6, 6.07) is 2.99. The molecule has 0 aliphatic carbocycles. The fourth-order valence-electron chi connectivity index (χ4n) is 3.92. The normalized spacial score (nSPS) is 11.6. The fraction of sp³-hybridized carbons (Fsp3) is 0.769. The Labute approximate surface area is 180 Å². The quantitative estimate of drug-likeness (QED) is 0.213. The van der Waals surface area contributed by atoms with Gasteiger partial charge < -0.3 is 10.2 Å². The number of aromatic hydroxyl groups is 2. The molecule has 0 unspecified atom stereocenters. The van der Waals surface area contributed by atoms with Gasteiger partial charge in [-0.05, 0) is 12.8 Å². The summed E-state index contributed by atoms with van der Waals surface area (Å²) < 4.78 is 1.40. The lowest BCUT2D eigenvalue weighted by atomic mass is 10.0. The van der Waals surface area contributed by atoms with Crippen molar-refractivity contribution >= 4 is 6.20 Å². The summed E-state index contributed by atoms with van der Waals surface area (Å²) in [6.07, 6.45) is 29.9. The standard InChI is InChI=1S/C26H47NO2/c1-2-3-4-5-6-7-8-9-10-11-12-13-14-15-16-17-18-19-20-21-24-27-25(28)22-23-26(27)29/h21-24,28-29H,2-20H2,1H3. The molecular weight excluding hydrogens is 358 g/mol. The highest BCUT2D eigenvalue weighted by Gasteiger charge is 2.00. The fourth-order valence-corrected chi connectivity index (χ4v) is 3.92. The van der Waals surface area contributed by atoms with E-state index in [0.29, 0.717) is 0 Å². The summed E-state index contributed by atoms with van der Waals surface area (Å²) in [6.45, 7) is 2.29. The van der Waals surface area contributed by atoms with E-state index in [2.05, 4.69) is 6.92 Å². The SMILES string of the molecule is CCCCCCCCCCCCCCCCCCCCC=Cn1c(O)ccc1O. The summed E-state index contributed by atoms with van der Waals surface area (Å²) in [5.74, 6) is 0.160. The Morgan fingerprint density at radius 1 is 0.586 bits per heavy atom. The van der Waals surface area contributed by atoms with Crippen LogP contribution >= 0.6 is 0 Å². The Morgan fingerprint density at radius 2 is 0.931 bits per heavy atom. The van der Waals surface area contributed by atoms with Crippen molar-refractivity contribution in [2.75, 3.05) is 0 Å². The van der Waals surface area contributed by atoms with E-state index in [1.165, 1.54) is 132 Å². The van der Waals surface area contributed by atoms with Crippen molar-refractivity contribution in [1.29, 1.82) is 0 Å². The maximum Gasteiger partial charge on any atom is 0.198 e. The number of nitrogens with zero attached hydrogens (tertiary/aromatic N) is 1. The van der Waals surface area contributed by atoms with Crippen LogP contribution in [0.5, 0.6) is 11.8 Å². The van der Waals surface area contributed by atoms with Crippen molar-refractivity contribution < 1.29 is 10.2 Å². The molecule has 0 saturated heterocycles. The largest absolute Gasteiger partial charge is 0.494 e. The van der Waals surface area contributed by atoms with E-state index in [1.54, 1.807) is 6.20 Å². The average molecular weight is 406 g/mol. The first-order chi connectivity index (χ1) is 14.3. The van der Waals surface area contributed by atoms with E-state index < -0.39 is 0 Å². The molecule has 0 atom stereocenters. The van der Waals surface area contributed by atoms with E-state index in [-0.39, 0.29) is 11.8 Å². The second kappa shape index (κ2) is 18.6. The summed E-state index contributed by atoms with van der Waals surface area (Å²) in [7, 11) is 0. The van der Waals surface area contributed by atoms with Crippen LogP contribution in [-0.4, -0.2) is 14.8 Å². The van der Waals surface area contributed by atoms with Crippen LogP contribution in [0, 0.1) is 0 Å². The Hall–Kier alpha value is -1.38. The summed E-state index contributed by atoms with van der Waals surface area (Å²) in [5.41, 5.74) is 0. The van der Waals surface area contributed by atoms with Crippen LogP contribution < -0.4 is 0 Å². The van der Waals surface area contributed by atoms with Crippen LogP contribution in [0.15, 0.2) is 18.2 Å². The van der Waals surface area contributed by atoms with E-state index in [4.69, 9.17) is 0 Å². The summed E-state index contributed by atoms with van der Waals surface area (Å²) in [4.78, 5) is 0. The third-order valence-corrected chi connectivity index (χ3v) is 5.85. The molecule has 0 fully saturated rings. The van der Waals surface area contributed by atoms with Gasteiger partial charge in [-0.2, -0.15) is 0 Å². The molecule has 168 valence electrons. The van der Waals surface area contributed by atoms with E-state index in [1.807, 2.05) is 6.08 Å². The molecule has 0 aliphatic heterocycles. The third-order valence-electron chi connectivity index (χ3n) is 5.85. The third kappa shape index (κ3) is 14.3. The Balaban J connectivity index is 1.75. The lowest BCUT2D eigenvalue weighted by Crippen LogP contribution is -1.84. The number of aromatic nitrogens is 1. The molecule has 0 aromatic carbocycles. The van der Waals surface area contributed by atoms with E-state index in [0.717, 1.165) is 6.42 Å². The number of hydrogen-bond donors (Lipinski definition) is 2. The Morgan fingerprint density at radius 3 is 1.31 bits per heavy atom. The lowest BCUT2D eigenvalue weighted by molar-refractivity contribution is 0.407. The predicted octanol–water partition coefficient (Wildman–Crippen LogP) is 8.80. The maximum absolute atomic E-state index is 9.54. The van der Waals surface area contributed by atoms with Gasteiger partial charge in [-0.25, -0.2) is 0 Å². The van der Waals surface area contributed by atoms with Crippen LogP contribution in [0.25, 0.3) is 6.20 Å². The number of unbranched alkanes of at least 4 members (excludes halogenated alkanes) is 18. The minimum absolute atomic E-state index is 0.0801. The maximum atomic E-state index is 9.54. The lowest BCUT2D eigenvalue weighted by Gasteiger charge is -2.03. The Bertz CT molecular complexity index is 487. The van der Waals surface area contributed by atoms with Crippen molar-refractivity contribution in [2.24, 2.45) is 0 Å². The monoisotopic (exact) mass is 405 g/mol. The minimum atomic E-state index is 0.0801. The average Bonchev–Trinajstić information content (AvgIpc) is 3.04. The molecule has 0 bridgehead atoms. The van der Waals surface area contributed by atoms with Crippen LogP contribution in [0.2, 0.25) is 0 Å². The first-order valence-corrected chi connectivity index (χ1v) is 12.5. The first kappa shape index (κ1) is 25.7. The molecule has 1 heterocycles. The van der Waals surface area contributed by atoms with Crippen molar-refractivity contribution in [2.45, 2.75) is 129 Å². The van der Waals surface area contributed by atoms with Crippen LogP contribution in [-0.2, 0) is 0 Å². The summed E-state index contributed by atoms with van der Waals surface area (Å²) >= 11 is 0. The van der Waals surface area contributed by atoms with Crippen molar-refractivity contribution in [3.05, 3.63) is 18.2 Å². The van der Waals surface area contributed by atoms with Crippen molar-refractivity contribution in [3.63, 3.8) is 0 Å². The van der Waals surface area contributed by atoms with Gasteiger partial charge >= 0.3 is 0 Å². The zero-order chi connectivity index (χ0) is 21.0. The van der Waals surface area contributed by atoms with Gasteiger partial charge in [0.2, 0.25) is 0 Å². The molecule has 1 aromatic heterocycles. The van der Waals surface area contributed by atoms with Crippen LogP contribution in [0.4, 0.5) is 0 Å². The van der Waals surface area contributed by atoms with Gasteiger partial charge in [0, 0.05) is 18.3 Å². The topological polar surface area (TPSA) is 45.4 Å². The molecule has 1 rings (SSSR count). The highest BCUT2D eigenvalue weighted by Crippen LogP contribution is 2.21. The smallest absolute Gasteiger partial charge is 0.198 e. The highest BCUT2D eigenvalue weighted by molar-refractivity contribution is 5.38. The minimum Gasteiger partial charge on any atom is -0.494 e. The molecule has 0 amide bonds. The molecule has 0 spiro atoms. The molecule has 0 radical (unpaired) electrons. The molecule has 2 N–H and O–H groups in total. The summed E-state index contributed by atoms with van der Waals surface area (Å²) in [5, 5.41) is 19.1. The second-order valence-corrected chi connectivity index (χ2v) is 8.60. The van der Waals surface area contributed by atoms with Gasteiger partial charge in [-0.1, -0.05) is 122 Å². The van der Waals surface area contributed by atoms with Gasteiger partial charge in [0.25, 0.3) is 0 Å². The molecule has 0 aliphatic rings. The molecular formula is C26H47NO2. The van der Waals surface area contributed by atoms with Gasteiger partial charge in [-0.3, -0.25) is 4.57 Å². The van der Waals surface area contributed by atoms with Crippen LogP contribution in [0.3, 0.4) is 0 Å². The Kier molecular flexibility index (Phi) is 16.5. The van der Waals surface area contributed by atoms with Gasteiger partial charge in [0.05, 0.1) is 0 Å². The van der Waals surface area contributed by atoms with Crippen molar-refractivity contribution in [1.82, 2.24) is 4.57 Å². The highest BCUT2D eigenvalue weighted by atomic mass is 16.3. The molecule has 0 saturated carbocycles.